The molecule has 0 saturated carbocycles. The van der Waals surface area contributed by atoms with Crippen molar-refractivity contribution < 1.29 is 4.79 Å². The molecule has 1 heterocycles. The Hall–Kier alpha value is -3.02. The summed E-state index contributed by atoms with van der Waals surface area (Å²) < 4.78 is 0. The molecule has 24 heavy (non-hydrogen) atoms. The van der Waals surface area contributed by atoms with E-state index in [1.54, 1.807) is 0 Å². The Morgan fingerprint density at radius 2 is 1.96 bits per heavy atom. The molecule has 122 valence electrons. The number of anilines is 1. The first-order valence-electron chi connectivity index (χ1n) is 7.79. The van der Waals surface area contributed by atoms with Gasteiger partial charge in [-0.1, -0.05) is 47.7 Å². The second kappa shape index (κ2) is 7.04. The van der Waals surface area contributed by atoms with Crippen LogP contribution in [0.15, 0.2) is 48.5 Å². The highest BCUT2D eigenvalue weighted by molar-refractivity contribution is 5.96. The summed E-state index contributed by atoms with van der Waals surface area (Å²) in [4.78, 5) is 12.8. The number of amides is 1. The molecule has 1 amide bonds. The first kappa shape index (κ1) is 15.9. The Bertz CT molecular complexity index is 815. The first-order valence-corrected chi connectivity index (χ1v) is 7.79. The molecule has 2 N–H and O–H groups in total. The topological polar surface area (TPSA) is 83.6 Å². The van der Waals surface area contributed by atoms with Crippen molar-refractivity contribution in [1.82, 2.24) is 20.6 Å². The van der Waals surface area contributed by atoms with E-state index in [0.717, 1.165) is 22.4 Å². The number of aromatic nitrogens is 4. The number of tetrazole rings is 1. The van der Waals surface area contributed by atoms with E-state index in [-0.39, 0.29) is 5.91 Å². The number of benzene rings is 2. The van der Waals surface area contributed by atoms with Gasteiger partial charge in [-0.15, -0.1) is 10.2 Å². The monoisotopic (exact) mass is 321 g/mol. The number of nitrogens with one attached hydrogen (secondary N) is 2. The second-order valence-corrected chi connectivity index (χ2v) is 5.82. The van der Waals surface area contributed by atoms with Gasteiger partial charge in [0.15, 0.2) is 5.82 Å². The maximum Gasteiger partial charge on any atom is 0.235 e. The minimum atomic E-state index is -0.508. The zero-order valence-electron chi connectivity index (χ0n) is 13.7. The van der Waals surface area contributed by atoms with Crippen LogP contribution in [-0.4, -0.2) is 26.5 Å². The van der Waals surface area contributed by atoms with Crippen LogP contribution < -0.4 is 5.32 Å². The van der Waals surface area contributed by atoms with Gasteiger partial charge in [-0.3, -0.25) is 4.79 Å². The number of hydrogen-bond acceptors (Lipinski definition) is 4. The highest BCUT2D eigenvalue weighted by atomic mass is 16.1. The number of rotatable bonds is 5. The third-order valence-corrected chi connectivity index (χ3v) is 3.92. The van der Waals surface area contributed by atoms with E-state index < -0.39 is 5.92 Å². The van der Waals surface area contributed by atoms with Gasteiger partial charge in [-0.25, -0.2) is 0 Å². The van der Waals surface area contributed by atoms with Crippen molar-refractivity contribution in [2.45, 2.75) is 26.2 Å². The van der Waals surface area contributed by atoms with Gasteiger partial charge in [0.05, 0.1) is 0 Å². The number of hydrogen-bond donors (Lipinski definition) is 2. The van der Waals surface area contributed by atoms with Gasteiger partial charge < -0.3 is 5.32 Å². The Balaban J connectivity index is 1.85. The molecule has 0 bridgehead atoms. The van der Waals surface area contributed by atoms with Crippen molar-refractivity contribution in [2.75, 3.05) is 5.32 Å². The predicted octanol–water partition coefficient (Wildman–Crippen LogP) is 2.78. The molecule has 0 fully saturated rings. The Kier molecular flexibility index (Phi) is 4.65. The summed E-state index contributed by atoms with van der Waals surface area (Å²) in [5, 5.41) is 17.0. The number of nitrogens with zero attached hydrogens (tertiary/aromatic N) is 3. The minimum Gasteiger partial charge on any atom is -0.325 e. The summed E-state index contributed by atoms with van der Waals surface area (Å²) in [5.74, 6) is -0.262. The fourth-order valence-electron chi connectivity index (χ4n) is 2.56. The maximum absolute atomic E-state index is 12.8. The van der Waals surface area contributed by atoms with Gasteiger partial charge in [-0.05, 0) is 43.0 Å². The third kappa shape index (κ3) is 3.65. The lowest BCUT2D eigenvalue weighted by molar-refractivity contribution is -0.117. The summed E-state index contributed by atoms with van der Waals surface area (Å²) >= 11 is 0. The molecule has 6 nitrogen and oxygen atoms in total. The van der Waals surface area contributed by atoms with Crippen molar-refractivity contribution in [1.29, 1.82) is 0 Å². The Morgan fingerprint density at radius 3 is 2.67 bits per heavy atom. The van der Waals surface area contributed by atoms with E-state index in [9.17, 15) is 4.79 Å². The molecular weight excluding hydrogens is 302 g/mol. The minimum absolute atomic E-state index is 0.144. The molecule has 0 aliphatic rings. The Labute approximate surface area is 140 Å². The lowest BCUT2D eigenvalue weighted by atomic mass is 9.97. The normalized spacial score (nSPS) is 11.9. The van der Waals surface area contributed by atoms with E-state index >= 15 is 0 Å². The van der Waals surface area contributed by atoms with Crippen LogP contribution in [0.1, 0.15) is 28.4 Å². The quantitative estimate of drug-likeness (QED) is 0.757. The predicted molar refractivity (Wildman–Crippen MR) is 91.6 cm³/mol. The van der Waals surface area contributed by atoms with Gasteiger partial charge in [-0.2, -0.15) is 5.21 Å². The van der Waals surface area contributed by atoms with Crippen LogP contribution in [0.2, 0.25) is 0 Å². The molecule has 3 aromatic rings. The van der Waals surface area contributed by atoms with Crippen LogP contribution in [0.25, 0.3) is 0 Å². The number of carbonyl (C=O) groups excluding carboxylic acids is 1. The molecule has 0 saturated heterocycles. The summed E-state index contributed by atoms with van der Waals surface area (Å²) in [5.41, 5.74) is 3.96. The van der Waals surface area contributed by atoms with Crippen molar-refractivity contribution in [3.63, 3.8) is 0 Å². The van der Waals surface area contributed by atoms with E-state index in [4.69, 9.17) is 0 Å². The van der Waals surface area contributed by atoms with Gasteiger partial charge in [0.2, 0.25) is 5.91 Å². The van der Waals surface area contributed by atoms with Crippen LogP contribution in [0.3, 0.4) is 0 Å². The van der Waals surface area contributed by atoms with Crippen molar-refractivity contribution in [2.24, 2.45) is 0 Å². The van der Waals surface area contributed by atoms with Crippen molar-refractivity contribution >= 4 is 11.6 Å². The molecule has 3 rings (SSSR count). The van der Waals surface area contributed by atoms with Crippen LogP contribution >= 0.6 is 0 Å². The van der Waals surface area contributed by atoms with Crippen molar-refractivity contribution in [3.8, 4) is 0 Å². The van der Waals surface area contributed by atoms with Crippen molar-refractivity contribution in [3.05, 3.63) is 71.0 Å². The second-order valence-electron chi connectivity index (χ2n) is 5.82. The summed E-state index contributed by atoms with van der Waals surface area (Å²) in [6.07, 6.45) is 0.511. The zero-order valence-corrected chi connectivity index (χ0v) is 13.7. The zero-order chi connectivity index (χ0) is 16.9. The van der Waals surface area contributed by atoms with Gasteiger partial charge in [0.1, 0.15) is 5.92 Å². The fourth-order valence-corrected chi connectivity index (χ4v) is 2.56. The summed E-state index contributed by atoms with van der Waals surface area (Å²) in [6, 6.07) is 15.8. The molecule has 0 aliphatic carbocycles. The first-order chi connectivity index (χ1) is 11.6. The number of aromatic amines is 1. The standard InChI is InChI=1S/C18H19N5O/c1-12-8-9-13(2)16(10-12)19-18(24)15(17-20-22-23-21-17)11-14-6-4-3-5-7-14/h3-10,15H,11H2,1-2H3,(H,19,24)(H,20,21,22,23)/t15-/m0/s1. The number of H-pyrrole nitrogens is 1. The van der Waals surface area contributed by atoms with Crippen LogP contribution in [0, 0.1) is 13.8 Å². The third-order valence-electron chi connectivity index (χ3n) is 3.92. The van der Waals surface area contributed by atoms with E-state index in [0.29, 0.717) is 12.2 Å². The molecule has 0 spiro atoms. The van der Waals surface area contributed by atoms with Crippen LogP contribution in [0.4, 0.5) is 5.69 Å². The molecule has 2 aromatic carbocycles. The molecule has 1 aromatic heterocycles. The molecular formula is C18H19N5O. The number of aryl methyl sites for hydroxylation is 2. The lowest BCUT2D eigenvalue weighted by Crippen LogP contribution is -2.24. The van der Waals surface area contributed by atoms with E-state index in [1.807, 2.05) is 62.4 Å². The van der Waals surface area contributed by atoms with E-state index in [1.165, 1.54) is 0 Å². The average molecular weight is 321 g/mol. The smallest absolute Gasteiger partial charge is 0.235 e. The molecule has 0 radical (unpaired) electrons. The van der Waals surface area contributed by atoms with Gasteiger partial charge in [0, 0.05) is 5.69 Å². The van der Waals surface area contributed by atoms with Crippen LogP contribution in [-0.2, 0) is 11.2 Å². The van der Waals surface area contributed by atoms with Gasteiger partial charge >= 0.3 is 0 Å². The number of carbonyl (C=O) groups is 1. The largest absolute Gasteiger partial charge is 0.325 e. The highest BCUT2D eigenvalue weighted by Gasteiger charge is 2.25. The highest BCUT2D eigenvalue weighted by Crippen LogP contribution is 2.22. The molecule has 6 heteroatoms. The van der Waals surface area contributed by atoms with E-state index in [2.05, 4.69) is 25.9 Å². The SMILES string of the molecule is Cc1ccc(C)c(NC(=O)[C@@H](Cc2ccccc2)c2nn[nH]n2)c1. The lowest BCUT2D eigenvalue weighted by Gasteiger charge is -2.15. The maximum atomic E-state index is 12.8. The van der Waals surface area contributed by atoms with Crippen LogP contribution in [0.5, 0.6) is 0 Å². The van der Waals surface area contributed by atoms with Gasteiger partial charge in [0.25, 0.3) is 0 Å². The summed E-state index contributed by atoms with van der Waals surface area (Å²) in [7, 11) is 0. The molecule has 1 atom stereocenters. The molecule has 0 aliphatic heterocycles. The fraction of sp³-hybridized carbons (Fsp3) is 0.222. The summed E-state index contributed by atoms with van der Waals surface area (Å²) in [6.45, 7) is 3.96. The average Bonchev–Trinajstić information content (AvgIpc) is 3.11. The Morgan fingerprint density at radius 1 is 1.17 bits per heavy atom. The molecule has 0 unspecified atom stereocenters.